The number of cyclic esters (lactones) is 2. The lowest BCUT2D eigenvalue weighted by Gasteiger charge is -2.28. The van der Waals surface area contributed by atoms with Crippen LogP contribution in [0.3, 0.4) is 0 Å². The van der Waals surface area contributed by atoms with Crippen LogP contribution in [0.4, 0.5) is 24.0 Å². The molecule has 4 unspecified atom stereocenters. The summed E-state index contributed by atoms with van der Waals surface area (Å²) in [5, 5.41) is 0. The SMILES string of the molecule is COCCN(C=O)C(=O)CCCCN(C)C(=O)OC(C)(C)C.Cc1cc(CC(CCCN(C)C(=O)OC(C)(C)C)C(=O)N2C(=O)OCC2Cc2ccccc2)cc(CC(CCCN(C)C(=O)OC(C)(C)C)C(=O)N2C(=O)OCC2Cc2ccccc2)c1.Cc1ccccc1. The zero-order chi connectivity index (χ0) is 69.8. The number of carbonyl (C=O) groups is 9. The summed E-state index contributed by atoms with van der Waals surface area (Å²) in [6.45, 7) is 22.2. The second-order valence-corrected chi connectivity index (χ2v) is 27.2. The number of amides is 9. The van der Waals surface area contributed by atoms with Gasteiger partial charge >= 0.3 is 30.5 Å². The number of benzene rings is 4. The highest BCUT2D eigenvalue weighted by atomic mass is 16.6. The number of unbranched alkanes of at least 4 members (excludes halogenated alkanes) is 1. The number of rotatable bonds is 27. The van der Waals surface area contributed by atoms with Crippen LogP contribution in [0, 0.1) is 25.7 Å². The van der Waals surface area contributed by atoms with Crippen LogP contribution in [0.5, 0.6) is 0 Å². The van der Waals surface area contributed by atoms with Gasteiger partial charge in [0.05, 0.1) is 25.2 Å². The maximum atomic E-state index is 14.6. The Labute approximate surface area is 557 Å². The number of nitrogens with zero attached hydrogens (tertiary/aromatic N) is 6. The van der Waals surface area contributed by atoms with Crippen LogP contribution in [-0.4, -0.2) is 187 Å². The molecule has 4 aromatic carbocycles. The highest BCUT2D eigenvalue weighted by Gasteiger charge is 2.43. The van der Waals surface area contributed by atoms with Crippen molar-refractivity contribution < 1.29 is 71.6 Å². The van der Waals surface area contributed by atoms with E-state index in [0.717, 1.165) is 32.7 Å². The predicted octanol–water partition coefficient (Wildman–Crippen LogP) is 12.4. The lowest BCUT2D eigenvalue weighted by atomic mass is 9.88. The lowest BCUT2D eigenvalue weighted by Crippen LogP contribution is -2.44. The Morgan fingerprint density at radius 1 is 0.521 bits per heavy atom. The molecule has 94 heavy (non-hydrogen) atoms. The average molecular weight is 1310 g/mol. The molecule has 2 aliphatic heterocycles. The molecule has 4 aromatic rings. The number of hydrogen-bond acceptors (Lipinski definition) is 15. The van der Waals surface area contributed by atoms with E-state index in [9.17, 15) is 43.2 Å². The molecule has 4 atom stereocenters. The third-order valence-electron chi connectivity index (χ3n) is 15.2. The maximum Gasteiger partial charge on any atom is 0.416 e. The van der Waals surface area contributed by atoms with Crippen molar-refractivity contribution in [2.75, 3.05) is 74.3 Å². The maximum absolute atomic E-state index is 14.6. The van der Waals surface area contributed by atoms with Gasteiger partial charge in [-0.1, -0.05) is 120 Å². The van der Waals surface area contributed by atoms with Crippen molar-refractivity contribution >= 4 is 54.6 Å². The Bertz CT molecular complexity index is 2910. The van der Waals surface area contributed by atoms with Crippen molar-refractivity contribution in [1.82, 2.24) is 29.4 Å². The quantitative estimate of drug-likeness (QED) is 0.0307. The third-order valence-corrected chi connectivity index (χ3v) is 15.2. The van der Waals surface area contributed by atoms with E-state index in [1.807, 2.05) is 125 Å². The van der Waals surface area contributed by atoms with E-state index in [0.29, 0.717) is 84.0 Å². The molecule has 0 bridgehead atoms. The van der Waals surface area contributed by atoms with E-state index in [1.165, 1.54) is 37.2 Å². The van der Waals surface area contributed by atoms with Gasteiger partial charge in [-0.15, -0.1) is 0 Å². The molecule has 0 N–H and O–H groups in total. The molecule has 21 heteroatoms. The van der Waals surface area contributed by atoms with E-state index >= 15 is 0 Å². The summed E-state index contributed by atoms with van der Waals surface area (Å²) >= 11 is 0. The first kappa shape index (κ1) is 78.1. The van der Waals surface area contributed by atoms with Gasteiger partial charge in [0.15, 0.2) is 0 Å². The fraction of sp³-hybridized carbons (Fsp3) is 0.548. The first-order valence-corrected chi connectivity index (χ1v) is 32.5. The van der Waals surface area contributed by atoms with Crippen LogP contribution in [0.1, 0.15) is 141 Å². The molecular formula is C73H104N6O15. The van der Waals surface area contributed by atoms with Gasteiger partial charge in [-0.25, -0.2) is 33.8 Å². The Kier molecular flexibility index (Phi) is 31.7. The lowest BCUT2D eigenvalue weighted by molar-refractivity contribution is -0.139. The van der Waals surface area contributed by atoms with E-state index in [-0.39, 0.29) is 62.8 Å². The normalized spacial score (nSPS) is 15.1. The highest BCUT2D eigenvalue weighted by molar-refractivity contribution is 5.96. The van der Waals surface area contributed by atoms with Crippen LogP contribution in [0.15, 0.2) is 109 Å². The van der Waals surface area contributed by atoms with Gasteiger partial charge in [0, 0.05) is 66.1 Å². The van der Waals surface area contributed by atoms with Crippen molar-refractivity contribution in [2.45, 2.75) is 176 Å². The van der Waals surface area contributed by atoms with Gasteiger partial charge in [0.1, 0.15) is 30.0 Å². The van der Waals surface area contributed by atoms with Crippen molar-refractivity contribution in [3.8, 4) is 0 Å². The van der Waals surface area contributed by atoms with E-state index in [4.69, 9.17) is 28.4 Å². The summed E-state index contributed by atoms with van der Waals surface area (Å²) in [5.41, 5.74) is 4.00. The van der Waals surface area contributed by atoms with Crippen LogP contribution in [-0.2, 0) is 73.3 Å². The molecule has 0 spiro atoms. The summed E-state index contributed by atoms with van der Waals surface area (Å²) in [6.07, 6.45) is 2.48. The molecule has 0 saturated carbocycles. The topological polar surface area (TPSA) is 228 Å². The standard InChI is InChI=1S/C51H68N4O10.C15H28N2O5.C7H8/c1-35-26-38(29-40(22-16-24-52(8)46(58)64-50(2,3)4)44(56)54-42(33-62-48(54)60)31-36-18-12-10-13-19-36)28-39(27-35)30-41(23-17-25-53(9)47(59)65-51(5,6)7)45(57)55-43(34-63-49(55)61)32-37-20-14-11-15-21-37;1-15(2,3)22-14(20)16(4)9-7-6-8-13(19)17(12-18)10-11-21-5;1-7-5-3-2-4-6-7/h10-15,18-21,26-28,40-43H,16-17,22-25,29-34H2,1-9H3;12H,6-11H2,1-5H3;2-6H,1H3. The second kappa shape index (κ2) is 38.1. The molecule has 6 rings (SSSR count). The molecule has 2 heterocycles. The van der Waals surface area contributed by atoms with Crippen molar-refractivity contribution in [1.29, 1.82) is 0 Å². The van der Waals surface area contributed by atoms with Gasteiger partial charge in [-0.2, -0.15) is 0 Å². The fourth-order valence-electron chi connectivity index (χ4n) is 10.5. The van der Waals surface area contributed by atoms with Gasteiger partial charge in [0.25, 0.3) is 0 Å². The number of imide groups is 3. The summed E-state index contributed by atoms with van der Waals surface area (Å²) in [4.78, 5) is 124. The molecule has 0 aromatic heterocycles. The van der Waals surface area contributed by atoms with Crippen LogP contribution in [0.25, 0.3) is 0 Å². The minimum atomic E-state index is -0.679. The first-order valence-electron chi connectivity index (χ1n) is 32.5. The Hall–Kier alpha value is -8.33. The molecule has 516 valence electrons. The molecule has 9 amide bonds. The Morgan fingerprint density at radius 2 is 0.894 bits per heavy atom. The number of ether oxygens (including phenoxy) is 6. The Morgan fingerprint density at radius 3 is 1.23 bits per heavy atom. The number of hydrogen-bond donors (Lipinski definition) is 0. The first-order chi connectivity index (χ1) is 44.3. The molecule has 2 saturated heterocycles. The minimum Gasteiger partial charge on any atom is -0.447 e. The fourth-order valence-corrected chi connectivity index (χ4v) is 10.5. The average Bonchev–Trinajstić information content (AvgIpc) is 1.63. The summed E-state index contributed by atoms with van der Waals surface area (Å²) in [7, 11) is 6.49. The van der Waals surface area contributed by atoms with E-state index in [1.54, 1.807) is 62.7 Å². The van der Waals surface area contributed by atoms with Crippen LogP contribution in [0.2, 0.25) is 0 Å². The number of aryl methyl sites for hydroxylation is 2. The molecule has 0 aliphatic carbocycles. The molecular weight excluding hydrogens is 1200 g/mol. The highest BCUT2D eigenvalue weighted by Crippen LogP contribution is 2.29. The van der Waals surface area contributed by atoms with Crippen LogP contribution < -0.4 is 0 Å². The molecule has 0 radical (unpaired) electrons. The predicted molar refractivity (Wildman–Crippen MR) is 360 cm³/mol. The van der Waals surface area contributed by atoms with E-state index < -0.39 is 65.1 Å². The van der Waals surface area contributed by atoms with Crippen molar-refractivity contribution in [2.24, 2.45) is 11.8 Å². The van der Waals surface area contributed by atoms with Gasteiger partial charge in [-0.05, 0) is 163 Å². The number of methoxy groups -OCH3 is 1. The second-order valence-electron chi connectivity index (χ2n) is 27.2. The van der Waals surface area contributed by atoms with Gasteiger partial charge in [0.2, 0.25) is 24.1 Å². The zero-order valence-electron chi connectivity index (χ0n) is 58.3. The molecule has 2 fully saturated rings. The van der Waals surface area contributed by atoms with Crippen molar-refractivity contribution in [3.05, 3.63) is 143 Å². The summed E-state index contributed by atoms with van der Waals surface area (Å²) in [5.74, 6) is -2.24. The largest absolute Gasteiger partial charge is 0.447 e. The summed E-state index contributed by atoms with van der Waals surface area (Å²) in [6, 6.07) is 34.6. The van der Waals surface area contributed by atoms with Gasteiger partial charge in [-0.3, -0.25) is 24.1 Å². The zero-order valence-corrected chi connectivity index (χ0v) is 58.3. The smallest absolute Gasteiger partial charge is 0.416 e. The summed E-state index contributed by atoms with van der Waals surface area (Å²) < 4.78 is 32.1. The molecule has 21 nitrogen and oxygen atoms in total. The van der Waals surface area contributed by atoms with E-state index in [2.05, 4.69) is 19.1 Å². The van der Waals surface area contributed by atoms with Gasteiger partial charge < -0.3 is 43.1 Å². The Balaban J connectivity index is 0.000000534. The number of carbonyl (C=O) groups excluding carboxylic acids is 9. The third kappa shape index (κ3) is 28.5. The molecule has 2 aliphatic rings. The van der Waals surface area contributed by atoms with Crippen molar-refractivity contribution in [3.63, 3.8) is 0 Å². The minimum absolute atomic E-state index is 0.0852. The van der Waals surface area contributed by atoms with Crippen LogP contribution >= 0.6 is 0 Å². The monoisotopic (exact) mass is 1300 g/mol.